The molecule has 6 nitrogen and oxygen atoms in total. The molecule has 6 N–H and O–H groups in total. The van der Waals surface area contributed by atoms with E-state index in [0.29, 0.717) is 18.7 Å². The zero-order valence-corrected chi connectivity index (χ0v) is 17.3. The highest BCUT2D eigenvalue weighted by atomic mass is 19.1. The number of nitrogens with one attached hydrogen (secondary N) is 1. The zero-order chi connectivity index (χ0) is 22.0. The molecule has 29 heavy (non-hydrogen) atoms. The first-order valence-corrected chi connectivity index (χ1v) is 9.61. The second kappa shape index (κ2) is 12.2. The van der Waals surface area contributed by atoms with E-state index in [9.17, 15) is 13.6 Å². The summed E-state index contributed by atoms with van der Waals surface area (Å²) in [4.78, 5) is 13.2. The minimum Gasteiger partial charge on any atom is -0.402 e. The summed E-state index contributed by atoms with van der Waals surface area (Å²) in [5, 5.41) is 11.8. The number of carbonyl (C=O) groups is 1. The zero-order valence-electron chi connectivity index (χ0n) is 17.3. The van der Waals surface area contributed by atoms with Crippen LogP contribution in [0.15, 0.2) is 35.5 Å². The number of hydrogen-bond donors (Lipinski definition) is 4. The second-order valence-corrected chi connectivity index (χ2v) is 6.95. The van der Waals surface area contributed by atoms with Crippen molar-refractivity contribution in [2.24, 2.45) is 17.4 Å². The molecule has 0 heterocycles. The third kappa shape index (κ3) is 7.14. The van der Waals surface area contributed by atoms with Crippen LogP contribution in [-0.4, -0.2) is 49.7 Å². The van der Waals surface area contributed by atoms with Crippen LogP contribution in [0.1, 0.15) is 31.7 Å². The Bertz CT molecular complexity index is 730. The van der Waals surface area contributed by atoms with Crippen molar-refractivity contribution in [3.8, 4) is 0 Å². The SMILES string of the molecule is CC(=O)N(CCO)CC1CCCC(/C=C(\N)c2c(F)cccc2F)=C1N.CNC. The van der Waals surface area contributed by atoms with Crippen LogP contribution in [0.2, 0.25) is 0 Å². The molecule has 162 valence electrons. The maximum atomic E-state index is 13.9. The van der Waals surface area contributed by atoms with Crippen LogP contribution in [0, 0.1) is 17.6 Å². The molecule has 0 aliphatic heterocycles. The molecule has 0 aromatic heterocycles. The Morgan fingerprint density at radius 2 is 1.93 bits per heavy atom. The van der Waals surface area contributed by atoms with Gasteiger partial charge in [-0.3, -0.25) is 4.79 Å². The van der Waals surface area contributed by atoms with Gasteiger partial charge in [0.2, 0.25) is 5.91 Å². The van der Waals surface area contributed by atoms with E-state index in [1.165, 1.54) is 19.1 Å². The van der Waals surface area contributed by atoms with E-state index in [0.717, 1.165) is 30.5 Å². The number of amides is 1. The summed E-state index contributed by atoms with van der Waals surface area (Å²) in [7, 11) is 3.75. The fourth-order valence-electron chi connectivity index (χ4n) is 3.24. The van der Waals surface area contributed by atoms with Gasteiger partial charge in [0.25, 0.3) is 0 Å². The van der Waals surface area contributed by atoms with Gasteiger partial charge in [0.05, 0.1) is 12.2 Å². The topological polar surface area (TPSA) is 105 Å². The highest BCUT2D eigenvalue weighted by Gasteiger charge is 2.24. The van der Waals surface area contributed by atoms with Gasteiger partial charge >= 0.3 is 0 Å². The highest BCUT2D eigenvalue weighted by molar-refractivity contribution is 5.73. The maximum absolute atomic E-state index is 13.9. The number of nitrogens with two attached hydrogens (primary N) is 2. The Kier molecular flexibility index (Phi) is 10.3. The predicted molar refractivity (Wildman–Crippen MR) is 111 cm³/mol. The van der Waals surface area contributed by atoms with Crippen LogP contribution in [0.25, 0.3) is 5.70 Å². The van der Waals surface area contributed by atoms with Crippen molar-refractivity contribution in [2.45, 2.75) is 26.2 Å². The van der Waals surface area contributed by atoms with E-state index in [4.69, 9.17) is 16.6 Å². The minimum absolute atomic E-state index is 0.0158. The number of benzene rings is 1. The summed E-state index contributed by atoms with van der Waals surface area (Å²) in [6, 6.07) is 3.59. The molecule has 0 saturated carbocycles. The molecule has 1 unspecified atom stereocenters. The van der Waals surface area contributed by atoms with Crippen LogP contribution < -0.4 is 16.8 Å². The van der Waals surface area contributed by atoms with E-state index in [1.54, 1.807) is 4.90 Å². The van der Waals surface area contributed by atoms with Crippen LogP contribution in [-0.2, 0) is 4.79 Å². The lowest BCUT2D eigenvalue weighted by Gasteiger charge is -2.30. The van der Waals surface area contributed by atoms with Gasteiger partial charge in [0, 0.05) is 37.3 Å². The van der Waals surface area contributed by atoms with Crippen LogP contribution in [0.3, 0.4) is 0 Å². The molecular weight excluding hydrogens is 378 g/mol. The fraction of sp³-hybridized carbons (Fsp3) is 0.476. The number of halogens is 2. The van der Waals surface area contributed by atoms with Crippen molar-refractivity contribution < 1.29 is 18.7 Å². The molecule has 0 bridgehead atoms. The fourth-order valence-corrected chi connectivity index (χ4v) is 3.24. The van der Waals surface area contributed by atoms with E-state index in [1.807, 2.05) is 14.1 Å². The molecular formula is C21H32F2N4O2. The van der Waals surface area contributed by atoms with Crippen LogP contribution in [0.4, 0.5) is 8.78 Å². The molecule has 1 aromatic rings. The molecule has 0 radical (unpaired) electrons. The van der Waals surface area contributed by atoms with E-state index >= 15 is 0 Å². The molecule has 1 aromatic carbocycles. The van der Waals surface area contributed by atoms with E-state index in [-0.39, 0.29) is 36.2 Å². The van der Waals surface area contributed by atoms with Gasteiger partial charge in [-0.15, -0.1) is 0 Å². The number of nitrogens with zero attached hydrogens (tertiary/aromatic N) is 1. The summed E-state index contributed by atoms with van der Waals surface area (Å²) in [5.74, 6) is -1.67. The van der Waals surface area contributed by atoms with E-state index < -0.39 is 11.6 Å². The van der Waals surface area contributed by atoms with Gasteiger partial charge in [-0.25, -0.2) is 8.78 Å². The summed E-state index contributed by atoms with van der Waals surface area (Å²) in [6.07, 6.45) is 3.80. The average molecular weight is 411 g/mol. The summed E-state index contributed by atoms with van der Waals surface area (Å²) >= 11 is 0. The summed E-state index contributed by atoms with van der Waals surface area (Å²) in [5.41, 5.74) is 13.2. The molecule has 1 aliphatic carbocycles. The monoisotopic (exact) mass is 410 g/mol. The molecule has 2 rings (SSSR count). The standard InChI is InChI=1S/C19H25F2N3O2.C2H7N/c1-12(26)24(8-9-25)11-14-5-2-4-13(19(14)23)10-17(22)18-15(20)6-3-7-16(18)21;1-3-2/h3,6-7,10,14,25H,2,4-5,8-9,11,22-23H2,1H3;3H,1-2H3/b17-10-;. The molecule has 0 saturated heterocycles. The van der Waals surface area contributed by atoms with Crippen molar-refractivity contribution in [3.63, 3.8) is 0 Å². The molecule has 0 spiro atoms. The van der Waals surface area contributed by atoms with Crippen molar-refractivity contribution in [3.05, 3.63) is 52.7 Å². The Labute approximate surface area is 171 Å². The minimum atomic E-state index is -0.726. The largest absolute Gasteiger partial charge is 0.402 e. The van der Waals surface area contributed by atoms with Crippen LogP contribution >= 0.6 is 0 Å². The first kappa shape index (κ1) is 24.6. The lowest BCUT2D eigenvalue weighted by Crippen LogP contribution is -2.38. The number of allylic oxidation sites excluding steroid dienone is 2. The highest BCUT2D eigenvalue weighted by Crippen LogP contribution is 2.30. The van der Waals surface area contributed by atoms with Crippen molar-refractivity contribution in [1.29, 1.82) is 0 Å². The van der Waals surface area contributed by atoms with Crippen LogP contribution in [0.5, 0.6) is 0 Å². The van der Waals surface area contributed by atoms with Gasteiger partial charge < -0.3 is 26.8 Å². The van der Waals surface area contributed by atoms with Crippen molar-refractivity contribution in [2.75, 3.05) is 33.8 Å². The Morgan fingerprint density at radius 1 is 1.34 bits per heavy atom. The Balaban J connectivity index is 0.00000132. The Hall–Kier alpha value is -2.45. The molecule has 1 atom stereocenters. The number of aliphatic hydroxyl groups is 1. The third-order valence-electron chi connectivity index (χ3n) is 4.65. The molecule has 1 aliphatic rings. The first-order chi connectivity index (χ1) is 13.8. The van der Waals surface area contributed by atoms with Crippen molar-refractivity contribution in [1.82, 2.24) is 10.2 Å². The van der Waals surface area contributed by atoms with Gasteiger partial charge in [-0.1, -0.05) is 6.07 Å². The lowest BCUT2D eigenvalue weighted by atomic mass is 9.86. The number of rotatable bonds is 6. The summed E-state index contributed by atoms with van der Waals surface area (Å²) < 4.78 is 27.8. The number of aliphatic hydroxyl groups excluding tert-OH is 1. The third-order valence-corrected chi connectivity index (χ3v) is 4.65. The second-order valence-electron chi connectivity index (χ2n) is 6.95. The molecule has 8 heteroatoms. The predicted octanol–water partition coefficient (Wildman–Crippen LogP) is 1.95. The number of carbonyl (C=O) groups excluding carboxylic acids is 1. The van der Waals surface area contributed by atoms with Gasteiger partial charge in [0.15, 0.2) is 0 Å². The molecule has 1 amide bonds. The quantitative estimate of drug-likeness (QED) is 0.574. The van der Waals surface area contributed by atoms with Crippen molar-refractivity contribution >= 4 is 11.6 Å². The Morgan fingerprint density at radius 3 is 2.45 bits per heavy atom. The van der Waals surface area contributed by atoms with Gasteiger partial charge in [-0.2, -0.15) is 0 Å². The van der Waals surface area contributed by atoms with Gasteiger partial charge in [-0.05, 0) is 57.1 Å². The van der Waals surface area contributed by atoms with E-state index in [2.05, 4.69) is 5.32 Å². The first-order valence-electron chi connectivity index (χ1n) is 9.61. The summed E-state index contributed by atoms with van der Waals surface area (Å²) in [6.45, 7) is 1.96. The average Bonchev–Trinajstić information content (AvgIpc) is 2.65. The normalized spacial score (nSPS) is 16.9. The molecule has 0 fully saturated rings. The maximum Gasteiger partial charge on any atom is 0.219 e. The smallest absolute Gasteiger partial charge is 0.219 e. The van der Waals surface area contributed by atoms with Gasteiger partial charge in [0.1, 0.15) is 11.6 Å². The number of hydrogen-bond acceptors (Lipinski definition) is 5. The lowest BCUT2D eigenvalue weighted by molar-refractivity contribution is -0.129.